The summed E-state index contributed by atoms with van der Waals surface area (Å²) in [6.45, 7) is 7.08. The quantitative estimate of drug-likeness (QED) is 0.582. The molecule has 0 fully saturated rings. The highest BCUT2D eigenvalue weighted by atomic mass is 32.1. The van der Waals surface area contributed by atoms with E-state index in [0.717, 1.165) is 36.4 Å². The third kappa shape index (κ3) is 5.03. The van der Waals surface area contributed by atoms with Crippen LogP contribution in [0.15, 0.2) is 29.4 Å². The Balaban J connectivity index is 2.20. The molecule has 0 aliphatic carbocycles. The van der Waals surface area contributed by atoms with Gasteiger partial charge in [0.2, 0.25) is 4.77 Å². The van der Waals surface area contributed by atoms with Crippen LogP contribution >= 0.6 is 12.2 Å². The Morgan fingerprint density at radius 3 is 2.91 bits per heavy atom. The largest absolute Gasteiger partial charge is 0.493 e. The van der Waals surface area contributed by atoms with E-state index in [1.165, 1.54) is 0 Å². The number of aromatic nitrogens is 3. The minimum Gasteiger partial charge on any atom is -0.493 e. The van der Waals surface area contributed by atoms with Crippen molar-refractivity contribution in [2.24, 2.45) is 11.0 Å². The lowest BCUT2D eigenvalue weighted by Gasteiger charge is -2.10. The van der Waals surface area contributed by atoms with Gasteiger partial charge < -0.3 is 4.74 Å². The van der Waals surface area contributed by atoms with Crippen molar-refractivity contribution in [1.29, 1.82) is 0 Å². The van der Waals surface area contributed by atoms with Crippen LogP contribution in [0.2, 0.25) is 0 Å². The fraction of sp³-hybridized carbons (Fsp3) is 0.471. The first-order valence-corrected chi connectivity index (χ1v) is 8.45. The molecule has 6 heteroatoms. The highest BCUT2D eigenvalue weighted by Crippen LogP contribution is 2.17. The number of H-pyrrole nitrogens is 1. The van der Waals surface area contributed by atoms with Crippen LogP contribution in [-0.4, -0.2) is 27.7 Å². The molecule has 0 aliphatic heterocycles. The van der Waals surface area contributed by atoms with Gasteiger partial charge in [-0.2, -0.15) is 14.9 Å². The molecule has 1 aromatic carbocycles. The molecule has 5 nitrogen and oxygen atoms in total. The first-order valence-electron chi connectivity index (χ1n) is 8.04. The summed E-state index contributed by atoms with van der Waals surface area (Å²) in [7, 11) is 0. The topological polar surface area (TPSA) is 55.2 Å². The number of hydrogen-bond acceptors (Lipinski definition) is 4. The highest BCUT2D eigenvalue weighted by Gasteiger charge is 2.06. The maximum Gasteiger partial charge on any atom is 0.216 e. The predicted molar refractivity (Wildman–Crippen MR) is 95.8 cm³/mol. The number of aryl methyl sites for hydroxylation is 1. The smallest absolute Gasteiger partial charge is 0.216 e. The van der Waals surface area contributed by atoms with Crippen LogP contribution in [-0.2, 0) is 6.42 Å². The molecule has 0 saturated carbocycles. The molecule has 0 saturated heterocycles. The summed E-state index contributed by atoms with van der Waals surface area (Å²) in [6, 6.07) is 7.87. The Bertz CT molecular complexity index is 703. The predicted octanol–water partition coefficient (Wildman–Crippen LogP) is 4.20. The van der Waals surface area contributed by atoms with Crippen LogP contribution < -0.4 is 4.74 Å². The summed E-state index contributed by atoms with van der Waals surface area (Å²) in [5.41, 5.74) is 0.928. The summed E-state index contributed by atoms with van der Waals surface area (Å²) in [5.74, 6) is 2.16. The minimum atomic E-state index is 0.475. The van der Waals surface area contributed by atoms with E-state index < -0.39 is 0 Å². The second kappa shape index (κ2) is 8.62. The average molecular weight is 332 g/mol. The Hall–Kier alpha value is -1.95. The molecule has 1 aromatic heterocycles. The maximum absolute atomic E-state index is 5.84. The molecule has 124 valence electrons. The Labute approximate surface area is 142 Å². The van der Waals surface area contributed by atoms with Gasteiger partial charge in [-0.05, 0) is 36.7 Å². The van der Waals surface area contributed by atoms with Gasteiger partial charge in [0.15, 0.2) is 5.82 Å². The summed E-state index contributed by atoms with van der Waals surface area (Å²) in [5, 5.41) is 11.5. The van der Waals surface area contributed by atoms with Gasteiger partial charge in [0, 0.05) is 12.0 Å². The number of para-hydroxylation sites is 1. The van der Waals surface area contributed by atoms with E-state index in [9.17, 15) is 0 Å². The lowest BCUT2D eigenvalue weighted by molar-refractivity contribution is 0.270. The molecule has 0 spiro atoms. The van der Waals surface area contributed by atoms with Crippen LogP contribution in [0.25, 0.3) is 0 Å². The summed E-state index contributed by atoms with van der Waals surface area (Å²) in [4.78, 5) is 0. The second-order valence-electron chi connectivity index (χ2n) is 5.85. The number of aromatic amines is 1. The molecule has 0 bridgehead atoms. The zero-order valence-corrected chi connectivity index (χ0v) is 14.8. The van der Waals surface area contributed by atoms with Crippen LogP contribution in [0.5, 0.6) is 5.75 Å². The van der Waals surface area contributed by atoms with Gasteiger partial charge in [-0.25, -0.2) is 0 Å². The van der Waals surface area contributed by atoms with Gasteiger partial charge >= 0.3 is 0 Å². The first kappa shape index (κ1) is 17.4. The van der Waals surface area contributed by atoms with Gasteiger partial charge in [-0.15, -0.1) is 0 Å². The Morgan fingerprint density at radius 2 is 2.17 bits per heavy atom. The lowest BCUT2D eigenvalue weighted by atomic mass is 10.2. The first-order chi connectivity index (χ1) is 11.1. The third-order valence-corrected chi connectivity index (χ3v) is 3.54. The number of rotatable bonds is 8. The van der Waals surface area contributed by atoms with E-state index >= 15 is 0 Å². The van der Waals surface area contributed by atoms with E-state index in [4.69, 9.17) is 17.0 Å². The Morgan fingerprint density at radius 1 is 1.39 bits per heavy atom. The molecule has 0 unspecified atom stereocenters. The van der Waals surface area contributed by atoms with Crippen LogP contribution in [0.3, 0.4) is 0 Å². The van der Waals surface area contributed by atoms with Crippen LogP contribution in [0.4, 0.5) is 0 Å². The number of nitrogens with zero attached hydrogens (tertiary/aromatic N) is 3. The monoisotopic (exact) mass is 332 g/mol. The van der Waals surface area contributed by atoms with Crippen molar-refractivity contribution in [3.05, 3.63) is 40.4 Å². The molecule has 23 heavy (non-hydrogen) atoms. The van der Waals surface area contributed by atoms with Gasteiger partial charge in [0.05, 0.1) is 12.8 Å². The number of ether oxygens (including phenoxy) is 1. The molecule has 0 amide bonds. The van der Waals surface area contributed by atoms with Crippen molar-refractivity contribution in [1.82, 2.24) is 14.9 Å². The number of unbranched alkanes of at least 4 members (excludes halogenated alkanes) is 1. The molecule has 0 atom stereocenters. The molecule has 2 rings (SSSR count). The highest BCUT2D eigenvalue weighted by molar-refractivity contribution is 7.71. The van der Waals surface area contributed by atoms with Crippen molar-refractivity contribution < 1.29 is 4.74 Å². The average Bonchev–Trinajstić information content (AvgIpc) is 2.89. The van der Waals surface area contributed by atoms with Gasteiger partial charge in [-0.1, -0.05) is 39.3 Å². The van der Waals surface area contributed by atoms with Crippen molar-refractivity contribution in [3.63, 3.8) is 0 Å². The van der Waals surface area contributed by atoms with E-state index in [1.54, 1.807) is 10.9 Å². The molecular formula is C17H24N4OS. The molecule has 2 aromatic rings. The summed E-state index contributed by atoms with van der Waals surface area (Å²) in [6.07, 6.45) is 4.79. The molecule has 0 radical (unpaired) electrons. The second-order valence-corrected chi connectivity index (χ2v) is 6.23. The van der Waals surface area contributed by atoms with Gasteiger partial charge in [-0.3, -0.25) is 5.10 Å². The van der Waals surface area contributed by atoms with E-state index in [0.29, 0.717) is 17.3 Å². The molecule has 1 N–H and O–H groups in total. The van der Waals surface area contributed by atoms with Crippen molar-refractivity contribution >= 4 is 18.4 Å². The maximum atomic E-state index is 5.84. The minimum absolute atomic E-state index is 0.475. The zero-order valence-electron chi connectivity index (χ0n) is 14.0. The van der Waals surface area contributed by atoms with Crippen LogP contribution in [0.1, 0.15) is 45.0 Å². The number of nitrogens with one attached hydrogen (secondary N) is 1. The van der Waals surface area contributed by atoms with Crippen molar-refractivity contribution in [3.8, 4) is 5.75 Å². The van der Waals surface area contributed by atoms with E-state index in [-0.39, 0.29) is 0 Å². The Kier molecular flexibility index (Phi) is 6.52. The SMILES string of the molecule is CCCCc1n[nH]c(=S)n1/N=C\c1ccccc1OCC(C)C. The van der Waals surface area contributed by atoms with Crippen molar-refractivity contribution in [2.45, 2.75) is 40.0 Å². The molecule has 0 aliphatic rings. The molecule has 1 heterocycles. The third-order valence-electron chi connectivity index (χ3n) is 3.27. The lowest BCUT2D eigenvalue weighted by Crippen LogP contribution is -2.06. The van der Waals surface area contributed by atoms with Crippen molar-refractivity contribution in [2.75, 3.05) is 6.61 Å². The fourth-order valence-electron chi connectivity index (χ4n) is 2.04. The van der Waals surface area contributed by atoms with E-state index in [1.807, 2.05) is 24.3 Å². The number of benzene rings is 1. The summed E-state index contributed by atoms with van der Waals surface area (Å²) >= 11 is 5.26. The number of hydrogen-bond donors (Lipinski definition) is 1. The van der Waals surface area contributed by atoms with Gasteiger partial charge in [0.1, 0.15) is 5.75 Å². The normalized spacial score (nSPS) is 11.5. The van der Waals surface area contributed by atoms with Crippen LogP contribution in [0, 0.1) is 10.7 Å². The summed E-state index contributed by atoms with van der Waals surface area (Å²) < 4.78 is 8.04. The standard InChI is InChI=1S/C17H24N4OS/c1-4-5-10-16-19-20-17(23)21(16)18-11-14-8-6-7-9-15(14)22-12-13(2)3/h6-9,11,13H,4-5,10,12H2,1-3H3,(H,20,23)/b18-11-. The molecular weight excluding hydrogens is 308 g/mol. The fourth-order valence-corrected chi connectivity index (χ4v) is 2.23. The zero-order chi connectivity index (χ0) is 16.7. The van der Waals surface area contributed by atoms with Gasteiger partial charge in [0.25, 0.3) is 0 Å². The van der Waals surface area contributed by atoms with E-state index in [2.05, 4.69) is 36.1 Å².